The molecule has 2 saturated heterocycles. The van der Waals surface area contributed by atoms with Gasteiger partial charge in [-0.05, 0) is 78.9 Å². The molecule has 0 aliphatic carbocycles. The lowest BCUT2D eigenvalue weighted by molar-refractivity contribution is -0.198. The van der Waals surface area contributed by atoms with E-state index in [2.05, 4.69) is 10.4 Å². The minimum Gasteiger partial charge on any atom is -0.494 e. The highest BCUT2D eigenvalue weighted by Crippen LogP contribution is 2.33. The van der Waals surface area contributed by atoms with Crippen LogP contribution in [0.5, 0.6) is 5.75 Å². The maximum atomic E-state index is 13.2. The van der Waals surface area contributed by atoms with Crippen molar-refractivity contribution >= 4 is 33.3 Å². The fourth-order valence-electron chi connectivity index (χ4n) is 4.51. The van der Waals surface area contributed by atoms with Gasteiger partial charge in [0, 0.05) is 56.0 Å². The number of nitrogens with one attached hydrogen (secondary N) is 1. The van der Waals surface area contributed by atoms with E-state index in [1.165, 1.54) is 35.9 Å². The van der Waals surface area contributed by atoms with E-state index in [0.717, 1.165) is 78.7 Å². The van der Waals surface area contributed by atoms with Crippen LogP contribution in [-0.4, -0.2) is 75.5 Å². The first-order valence-electron chi connectivity index (χ1n) is 13.8. The van der Waals surface area contributed by atoms with Gasteiger partial charge in [0.15, 0.2) is 6.29 Å². The van der Waals surface area contributed by atoms with Crippen LogP contribution in [0.15, 0.2) is 65.1 Å². The molecule has 220 valence electrons. The Hall–Kier alpha value is -3.00. The number of amides is 1. The fourth-order valence-corrected chi connectivity index (χ4v) is 7.13. The smallest absolute Gasteiger partial charge is 0.277 e. The van der Waals surface area contributed by atoms with Gasteiger partial charge in [0.05, 0.1) is 19.8 Å². The van der Waals surface area contributed by atoms with E-state index in [1.54, 1.807) is 18.2 Å². The molecule has 5 rings (SSSR count). The van der Waals surface area contributed by atoms with Crippen LogP contribution in [0.2, 0.25) is 0 Å². The minimum atomic E-state index is -3.78. The highest BCUT2D eigenvalue weighted by molar-refractivity contribution is 7.92. The maximum absolute atomic E-state index is 13.2. The Bertz CT molecular complexity index is 1400. The lowest BCUT2D eigenvalue weighted by Crippen LogP contribution is -2.37. The molecule has 1 aromatic carbocycles. The molecule has 2 aliphatic rings. The van der Waals surface area contributed by atoms with E-state index in [9.17, 15) is 13.2 Å². The Balaban J connectivity index is 1.12. The van der Waals surface area contributed by atoms with Crippen LogP contribution in [0.3, 0.4) is 0 Å². The summed E-state index contributed by atoms with van der Waals surface area (Å²) in [5, 5.41) is 0. The van der Waals surface area contributed by atoms with Crippen molar-refractivity contribution < 1.29 is 32.3 Å². The SMILES string of the molecule is O=C(C=Cc1ccn(S(=O)(=O)c2ccc(-c3ccc(OCCCN4CCOCC4)cc3)s2)c1)NOC1CCCCO1. The predicted molar refractivity (Wildman–Crippen MR) is 156 cm³/mol. The molecule has 0 bridgehead atoms. The van der Waals surface area contributed by atoms with E-state index in [1.807, 2.05) is 24.3 Å². The zero-order valence-corrected chi connectivity index (χ0v) is 24.4. The van der Waals surface area contributed by atoms with E-state index >= 15 is 0 Å². The second-order valence-electron chi connectivity index (χ2n) is 9.79. The summed E-state index contributed by atoms with van der Waals surface area (Å²) < 4.78 is 44.5. The second kappa shape index (κ2) is 14.3. The van der Waals surface area contributed by atoms with Gasteiger partial charge in [-0.2, -0.15) is 8.42 Å². The summed E-state index contributed by atoms with van der Waals surface area (Å²) >= 11 is 1.20. The van der Waals surface area contributed by atoms with Crippen molar-refractivity contribution in [3.05, 3.63) is 66.5 Å². The number of hydroxylamine groups is 1. The third kappa shape index (κ3) is 8.28. The van der Waals surface area contributed by atoms with E-state index in [0.29, 0.717) is 18.8 Å². The number of ether oxygens (including phenoxy) is 3. The summed E-state index contributed by atoms with van der Waals surface area (Å²) in [4.78, 5) is 20.5. The van der Waals surface area contributed by atoms with Crippen LogP contribution in [-0.2, 0) is 29.1 Å². The number of aromatic nitrogens is 1. The van der Waals surface area contributed by atoms with Crippen molar-refractivity contribution in [1.29, 1.82) is 0 Å². The number of hydrogen-bond acceptors (Lipinski definition) is 9. The molecule has 4 heterocycles. The molecule has 0 radical (unpaired) electrons. The molecule has 1 N–H and O–H groups in total. The molecular formula is C29H35N3O7S2. The fraction of sp³-hybridized carbons (Fsp3) is 0.414. The summed E-state index contributed by atoms with van der Waals surface area (Å²) in [6.45, 7) is 5.79. The molecule has 1 atom stereocenters. The second-order valence-corrected chi connectivity index (χ2v) is 12.9. The van der Waals surface area contributed by atoms with Crippen molar-refractivity contribution in [3.8, 4) is 16.2 Å². The number of thiophene rings is 1. The molecule has 10 nitrogen and oxygen atoms in total. The van der Waals surface area contributed by atoms with Crippen LogP contribution < -0.4 is 10.2 Å². The summed E-state index contributed by atoms with van der Waals surface area (Å²) in [5.41, 5.74) is 3.83. The molecular weight excluding hydrogens is 566 g/mol. The third-order valence-corrected chi connectivity index (χ3v) is 10.0. The van der Waals surface area contributed by atoms with Crippen molar-refractivity contribution in [2.24, 2.45) is 0 Å². The Morgan fingerprint density at radius 1 is 1.07 bits per heavy atom. The molecule has 2 aliphatic heterocycles. The van der Waals surface area contributed by atoms with Crippen molar-refractivity contribution in [2.75, 3.05) is 46.1 Å². The van der Waals surface area contributed by atoms with Crippen LogP contribution in [0.25, 0.3) is 16.5 Å². The van der Waals surface area contributed by atoms with Gasteiger partial charge in [0.1, 0.15) is 9.96 Å². The number of morpholine rings is 1. The lowest BCUT2D eigenvalue weighted by Gasteiger charge is -2.26. The van der Waals surface area contributed by atoms with Crippen LogP contribution >= 0.6 is 11.3 Å². The van der Waals surface area contributed by atoms with E-state index in [4.69, 9.17) is 19.0 Å². The van der Waals surface area contributed by atoms with Crippen LogP contribution in [0, 0.1) is 0 Å². The molecule has 1 amide bonds. The number of nitrogens with zero attached hydrogens (tertiary/aromatic N) is 2. The van der Waals surface area contributed by atoms with Gasteiger partial charge in [0.2, 0.25) is 0 Å². The summed E-state index contributed by atoms with van der Waals surface area (Å²) in [5.74, 6) is 0.331. The quantitative estimate of drug-likeness (QED) is 0.188. The number of carbonyl (C=O) groups is 1. The van der Waals surface area contributed by atoms with Gasteiger partial charge in [-0.3, -0.25) is 9.69 Å². The van der Waals surface area contributed by atoms with Gasteiger partial charge >= 0.3 is 0 Å². The third-order valence-electron chi connectivity index (χ3n) is 6.79. The zero-order chi connectivity index (χ0) is 28.5. The van der Waals surface area contributed by atoms with E-state index < -0.39 is 22.2 Å². The molecule has 2 aromatic heterocycles. The normalized spacial score (nSPS) is 18.5. The predicted octanol–water partition coefficient (Wildman–Crippen LogP) is 4.14. The highest BCUT2D eigenvalue weighted by Gasteiger charge is 2.20. The van der Waals surface area contributed by atoms with Crippen molar-refractivity contribution in [2.45, 2.75) is 36.2 Å². The first kappa shape index (κ1) is 29.5. The van der Waals surface area contributed by atoms with Crippen LogP contribution in [0.4, 0.5) is 0 Å². The largest absolute Gasteiger partial charge is 0.494 e. The van der Waals surface area contributed by atoms with Gasteiger partial charge in [-0.1, -0.05) is 0 Å². The molecule has 41 heavy (non-hydrogen) atoms. The van der Waals surface area contributed by atoms with Crippen LogP contribution in [0.1, 0.15) is 31.2 Å². The zero-order valence-electron chi connectivity index (χ0n) is 22.8. The van der Waals surface area contributed by atoms with Gasteiger partial charge in [-0.15, -0.1) is 11.3 Å². The monoisotopic (exact) mass is 601 g/mol. The van der Waals surface area contributed by atoms with Crippen molar-refractivity contribution in [1.82, 2.24) is 14.4 Å². The topological polar surface area (TPSA) is 108 Å². The Morgan fingerprint density at radius 2 is 1.90 bits per heavy atom. The average molecular weight is 602 g/mol. The molecule has 0 spiro atoms. The number of rotatable bonds is 12. The molecule has 3 aromatic rings. The Morgan fingerprint density at radius 3 is 2.68 bits per heavy atom. The minimum absolute atomic E-state index is 0.223. The molecule has 1 unspecified atom stereocenters. The highest BCUT2D eigenvalue weighted by atomic mass is 32.2. The first-order chi connectivity index (χ1) is 20.0. The summed E-state index contributed by atoms with van der Waals surface area (Å²) in [7, 11) is -3.78. The molecule has 12 heteroatoms. The average Bonchev–Trinajstić information content (AvgIpc) is 3.70. The summed E-state index contributed by atoms with van der Waals surface area (Å²) in [6, 6.07) is 12.7. The van der Waals surface area contributed by atoms with Gasteiger partial charge in [0.25, 0.3) is 15.9 Å². The van der Waals surface area contributed by atoms with Gasteiger partial charge in [-0.25, -0.2) is 14.3 Å². The Kier molecular flexibility index (Phi) is 10.3. The first-order valence-corrected chi connectivity index (χ1v) is 16.1. The maximum Gasteiger partial charge on any atom is 0.277 e. The number of hydrogen-bond donors (Lipinski definition) is 1. The number of benzene rings is 1. The standard InChI is InChI=1S/C29H35N3O7S2/c33-27(30-39-28-4-1-2-18-38-28)11-5-23-13-15-32(22-23)41(34,35)29-12-10-26(40-29)24-6-8-25(9-7-24)37-19-3-14-31-16-20-36-21-17-31/h5-13,15,22,28H,1-4,14,16-21H2,(H,30,33). The molecule has 2 fully saturated rings. The lowest BCUT2D eigenvalue weighted by atomic mass is 10.2. The summed E-state index contributed by atoms with van der Waals surface area (Å²) in [6.07, 6.45) is 8.95. The number of carbonyl (C=O) groups excluding carboxylic acids is 1. The van der Waals surface area contributed by atoms with Gasteiger partial charge < -0.3 is 14.2 Å². The Labute approximate surface area is 244 Å². The van der Waals surface area contributed by atoms with Crippen molar-refractivity contribution in [3.63, 3.8) is 0 Å². The van der Waals surface area contributed by atoms with E-state index in [-0.39, 0.29) is 4.21 Å². The molecule has 0 saturated carbocycles.